The topological polar surface area (TPSA) is 79.1 Å². The van der Waals surface area contributed by atoms with Gasteiger partial charge in [0.2, 0.25) is 5.65 Å². The molecule has 0 aliphatic carbocycles. The van der Waals surface area contributed by atoms with Gasteiger partial charge in [-0.05, 0) is 16.6 Å². The summed E-state index contributed by atoms with van der Waals surface area (Å²) in [6.07, 6.45) is 0.656. The fraction of sp³-hybridized carbons (Fsp3) is 0.143. The lowest BCUT2D eigenvalue weighted by Crippen LogP contribution is -2.44. The third kappa shape index (κ3) is 2.44. The summed E-state index contributed by atoms with van der Waals surface area (Å²) in [5.41, 5.74) is 2.88. The smallest absolute Gasteiger partial charge is 0.427 e. The van der Waals surface area contributed by atoms with Crippen LogP contribution in [0.25, 0.3) is 27.8 Å². The van der Waals surface area contributed by atoms with E-state index in [0.717, 1.165) is 22.5 Å². The van der Waals surface area contributed by atoms with Crippen LogP contribution in [0.4, 0.5) is 0 Å². The second-order valence-electron chi connectivity index (χ2n) is 6.78. The van der Waals surface area contributed by atoms with Crippen molar-refractivity contribution in [2.75, 3.05) is 0 Å². The van der Waals surface area contributed by atoms with Crippen LogP contribution in [0, 0.1) is 0 Å². The molecule has 0 fully saturated rings. The molecule has 7 heteroatoms. The Bertz CT molecular complexity index is 1400. The number of fused-ring (bicyclic) bond motifs is 4. The molecule has 0 radical (unpaired) electrons. The van der Waals surface area contributed by atoms with E-state index in [1.165, 1.54) is 9.08 Å². The number of nitrogens with zero attached hydrogens (tertiary/aromatic N) is 5. The lowest BCUT2D eigenvalue weighted by Gasteiger charge is -2.12. The molecule has 0 saturated carbocycles. The molecule has 2 aromatic carbocycles. The van der Waals surface area contributed by atoms with Gasteiger partial charge in [-0.25, -0.2) is 9.36 Å². The van der Waals surface area contributed by atoms with Gasteiger partial charge in [0, 0.05) is 30.8 Å². The highest BCUT2D eigenvalue weighted by atomic mass is 16.3. The standard InChI is InChI=1S/C21H17N5O2/c1-24-16-10-6-5-9-15(16)19-20(24)22-21-25(12-11-14-7-3-2-4-8-14)17(27)13-18(28)26(21)23-19/h2-10,13H,11-12H2,1H3. The quantitative estimate of drug-likeness (QED) is 0.448. The molecule has 7 nitrogen and oxygen atoms in total. The maximum absolute atomic E-state index is 12.5. The van der Waals surface area contributed by atoms with E-state index in [2.05, 4.69) is 10.1 Å². The van der Waals surface area contributed by atoms with E-state index < -0.39 is 5.56 Å². The molecule has 0 saturated heterocycles. The average Bonchev–Trinajstić information content (AvgIpc) is 3.00. The van der Waals surface area contributed by atoms with Crippen LogP contribution in [0.5, 0.6) is 5.88 Å². The van der Waals surface area contributed by atoms with Crippen molar-refractivity contribution >= 4 is 27.8 Å². The van der Waals surface area contributed by atoms with Gasteiger partial charge in [0.15, 0.2) is 5.52 Å². The number of hydrogen-bond acceptors (Lipinski definition) is 4. The van der Waals surface area contributed by atoms with Crippen molar-refractivity contribution < 1.29 is 9.67 Å². The van der Waals surface area contributed by atoms with Gasteiger partial charge in [-0.2, -0.15) is 0 Å². The van der Waals surface area contributed by atoms with Crippen molar-refractivity contribution in [3.63, 3.8) is 0 Å². The molecule has 0 aliphatic rings. The van der Waals surface area contributed by atoms with Crippen molar-refractivity contribution in [1.29, 1.82) is 0 Å². The van der Waals surface area contributed by atoms with Crippen LogP contribution < -0.4 is 15.2 Å². The minimum atomic E-state index is -0.474. The van der Waals surface area contributed by atoms with Crippen molar-refractivity contribution in [1.82, 2.24) is 19.2 Å². The van der Waals surface area contributed by atoms with Crippen molar-refractivity contribution in [2.24, 2.45) is 7.05 Å². The Morgan fingerprint density at radius 3 is 2.64 bits per heavy atom. The molecule has 0 atom stereocenters. The number of hydrogen-bond donors (Lipinski definition) is 0. The van der Waals surface area contributed by atoms with Crippen LogP contribution in [0.2, 0.25) is 0 Å². The zero-order valence-electron chi connectivity index (χ0n) is 15.2. The molecule has 3 aromatic heterocycles. The summed E-state index contributed by atoms with van der Waals surface area (Å²) in [5.74, 6) is -0.111. The van der Waals surface area contributed by atoms with Crippen molar-refractivity contribution in [3.05, 3.63) is 76.6 Å². The zero-order chi connectivity index (χ0) is 19.3. The first-order valence-electron chi connectivity index (χ1n) is 9.05. The molecular weight excluding hydrogens is 354 g/mol. The Balaban J connectivity index is 1.76. The SMILES string of the molecule is Cn1c2ccccc2c2nn3c(=O)cc([O-])[n+](CCc4ccccc4)c3nc21. The predicted octanol–water partition coefficient (Wildman–Crippen LogP) is 1.34. The van der Waals surface area contributed by atoms with Gasteiger partial charge < -0.3 is 9.67 Å². The number of aromatic nitrogens is 5. The lowest BCUT2D eigenvalue weighted by atomic mass is 10.1. The molecule has 28 heavy (non-hydrogen) atoms. The van der Waals surface area contributed by atoms with Crippen LogP contribution in [0.3, 0.4) is 0 Å². The van der Waals surface area contributed by atoms with E-state index in [1.54, 1.807) is 0 Å². The van der Waals surface area contributed by atoms with Crippen molar-refractivity contribution in [2.45, 2.75) is 13.0 Å². The van der Waals surface area contributed by atoms with E-state index >= 15 is 0 Å². The van der Waals surface area contributed by atoms with E-state index in [-0.39, 0.29) is 11.7 Å². The van der Waals surface area contributed by atoms with Crippen LogP contribution in [0.1, 0.15) is 5.56 Å². The van der Waals surface area contributed by atoms with E-state index in [4.69, 9.17) is 0 Å². The number of para-hydroxylation sites is 1. The van der Waals surface area contributed by atoms with Crippen LogP contribution in [0.15, 0.2) is 65.5 Å². The van der Waals surface area contributed by atoms with Gasteiger partial charge >= 0.3 is 11.3 Å². The Hall–Kier alpha value is -3.74. The molecular formula is C21H17N5O2. The molecule has 0 bridgehead atoms. The fourth-order valence-electron chi connectivity index (χ4n) is 3.63. The van der Waals surface area contributed by atoms with E-state index in [9.17, 15) is 9.90 Å². The molecule has 0 spiro atoms. The summed E-state index contributed by atoms with van der Waals surface area (Å²) in [4.78, 5) is 17.1. The van der Waals surface area contributed by atoms with Gasteiger partial charge in [0.05, 0.1) is 12.1 Å². The Morgan fingerprint density at radius 2 is 1.82 bits per heavy atom. The van der Waals surface area contributed by atoms with Gasteiger partial charge in [0.25, 0.3) is 0 Å². The van der Waals surface area contributed by atoms with Gasteiger partial charge in [0.1, 0.15) is 0 Å². The van der Waals surface area contributed by atoms with Crippen LogP contribution in [-0.4, -0.2) is 19.2 Å². The normalized spacial score (nSPS) is 11.6. The molecule has 3 heterocycles. The fourth-order valence-corrected chi connectivity index (χ4v) is 3.63. The Morgan fingerprint density at radius 1 is 1.07 bits per heavy atom. The minimum Gasteiger partial charge on any atom is -0.848 e. The average molecular weight is 371 g/mol. The minimum absolute atomic E-state index is 0.256. The lowest BCUT2D eigenvalue weighted by molar-refractivity contribution is -0.717. The summed E-state index contributed by atoms with van der Waals surface area (Å²) < 4.78 is 4.67. The third-order valence-corrected chi connectivity index (χ3v) is 5.08. The van der Waals surface area contributed by atoms with Gasteiger partial charge in [-0.1, -0.05) is 58.1 Å². The largest absolute Gasteiger partial charge is 0.848 e. The second-order valence-corrected chi connectivity index (χ2v) is 6.78. The molecule has 0 N–H and O–H groups in total. The van der Waals surface area contributed by atoms with E-state index in [0.29, 0.717) is 24.1 Å². The van der Waals surface area contributed by atoms with Gasteiger partial charge in [-0.15, -0.1) is 0 Å². The Kier molecular flexibility index (Phi) is 3.61. The molecule has 0 amide bonds. The van der Waals surface area contributed by atoms with E-state index in [1.807, 2.05) is 66.2 Å². The van der Waals surface area contributed by atoms with Gasteiger partial charge in [-0.3, -0.25) is 0 Å². The third-order valence-electron chi connectivity index (χ3n) is 5.08. The molecule has 138 valence electrons. The molecule has 0 aliphatic heterocycles. The van der Waals surface area contributed by atoms with Crippen LogP contribution >= 0.6 is 0 Å². The maximum atomic E-state index is 12.5. The summed E-state index contributed by atoms with van der Waals surface area (Å²) in [6, 6.07) is 18.8. The first-order valence-corrected chi connectivity index (χ1v) is 9.05. The monoisotopic (exact) mass is 371 g/mol. The predicted molar refractivity (Wildman–Crippen MR) is 103 cm³/mol. The first-order chi connectivity index (χ1) is 13.6. The summed E-state index contributed by atoms with van der Waals surface area (Å²) >= 11 is 0. The van der Waals surface area contributed by atoms with Crippen LogP contribution in [-0.2, 0) is 20.0 Å². The molecule has 0 unspecified atom stereocenters. The first kappa shape index (κ1) is 16.4. The number of rotatable bonds is 3. The molecule has 5 rings (SSSR count). The Labute approximate surface area is 159 Å². The zero-order valence-corrected chi connectivity index (χ0v) is 15.2. The summed E-state index contributed by atoms with van der Waals surface area (Å²) in [7, 11) is 1.91. The summed E-state index contributed by atoms with van der Waals surface area (Å²) in [5, 5.41) is 18.0. The summed E-state index contributed by atoms with van der Waals surface area (Å²) in [6.45, 7) is 0.413. The maximum Gasteiger partial charge on any atom is 0.427 e. The highest BCUT2D eigenvalue weighted by Crippen LogP contribution is 2.24. The number of aryl methyl sites for hydroxylation is 3. The second kappa shape index (κ2) is 6.16. The number of benzene rings is 2. The molecule has 5 aromatic rings. The highest BCUT2D eigenvalue weighted by Gasteiger charge is 2.21. The highest BCUT2D eigenvalue weighted by molar-refractivity contribution is 6.04. The van der Waals surface area contributed by atoms with Crippen molar-refractivity contribution in [3.8, 4) is 5.88 Å².